The highest BCUT2D eigenvalue weighted by Crippen LogP contribution is 2.32. The summed E-state index contributed by atoms with van der Waals surface area (Å²) in [6.07, 6.45) is 4.99. The lowest BCUT2D eigenvalue weighted by Gasteiger charge is -1.85. The van der Waals surface area contributed by atoms with Crippen LogP contribution in [-0.2, 0) is 0 Å². The fraction of sp³-hybridized carbons (Fsp3) is 0.333. The molecule has 1 fully saturated rings. The summed E-state index contributed by atoms with van der Waals surface area (Å²) in [7, 11) is 0. The first-order valence-electron chi connectivity index (χ1n) is 3.60. The second-order valence-corrected chi connectivity index (χ2v) is 3.72. The van der Waals surface area contributed by atoms with Crippen LogP contribution < -0.4 is 0 Å². The van der Waals surface area contributed by atoms with Crippen LogP contribution in [0.4, 0.5) is 0 Å². The Morgan fingerprint density at radius 1 is 1.50 bits per heavy atom. The van der Waals surface area contributed by atoms with Crippen LogP contribution >= 0.6 is 11.3 Å². The monoisotopic (exact) mass is 150 g/mol. The van der Waals surface area contributed by atoms with Gasteiger partial charge < -0.3 is 0 Å². The Bertz CT molecular complexity index is 262. The zero-order valence-corrected chi connectivity index (χ0v) is 6.87. The van der Waals surface area contributed by atoms with Crippen LogP contribution in [0, 0.1) is 6.92 Å². The first-order valence-corrected chi connectivity index (χ1v) is 4.48. The van der Waals surface area contributed by atoms with E-state index in [-0.39, 0.29) is 0 Å². The lowest BCUT2D eigenvalue weighted by atomic mass is 10.3. The van der Waals surface area contributed by atoms with E-state index in [0.717, 1.165) is 0 Å². The maximum atomic E-state index is 2.33. The maximum Gasteiger partial charge on any atom is 0.0299 e. The topological polar surface area (TPSA) is 0 Å². The van der Waals surface area contributed by atoms with E-state index in [1.807, 2.05) is 11.3 Å². The zero-order chi connectivity index (χ0) is 6.97. The predicted molar refractivity (Wildman–Crippen MR) is 46.3 cm³/mol. The van der Waals surface area contributed by atoms with Crippen LogP contribution in [0.15, 0.2) is 17.0 Å². The molecule has 0 aromatic carbocycles. The molecule has 0 N–H and O–H groups in total. The van der Waals surface area contributed by atoms with Gasteiger partial charge in [-0.3, -0.25) is 0 Å². The van der Waals surface area contributed by atoms with Gasteiger partial charge in [0, 0.05) is 4.88 Å². The van der Waals surface area contributed by atoms with Crippen molar-refractivity contribution in [2.24, 2.45) is 0 Å². The molecule has 1 saturated carbocycles. The highest BCUT2D eigenvalue weighted by atomic mass is 32.1. The van der Waals surface area contributed by atoms with Gasteiger partial charge in [-0.15, -0.1) is 11.3 Å². The largest absolute Gasteiger partial charge is 0.144 e. The highest BCUT2D eigenvalue weighted by molar-refractivity contribution is 7.11. The number of rotatable bonds is 1. The quantitative estimate of drug-likeness (QED) is 0.576. The summed E-state index contributed by atoms with van der Waals surface area (Å²) in [4.78, 5) is 1.45. The van der Waals surface area contributed by atoms with Gasteiger partial charge >= 0.3 is 0 Å². The van der Waals surface area contributed by atoms with E-state index in [4.69, 9.17) is 0 Å². The average molecular weight is 150 g/mol. The molecule has 0 saturated heterocycles. The van der Waals surface area contributed by atoms with Gasteiger partial charge in [0.1, 0.15) is 0 Å². The minimum absolute atomic E-state index is 1.33. The van der Waals surface area contributed by atoms with Gasteiger partial charge in [-0.25, -0.2) is 0 Å². The third kappa shape index (κ3) is 1.14. The molecule has 0 nitrogen and oxygen atoms in total. The molecule has 0 bridgehead atoms. The number of thiophene rings is 1. The summed E-state index contributed by atoms with van der Waals surface area (Å²) in [5, 5.41) is 2.16. The molecular weight excluding hydrogens is 140 g/mol. The van der Waals surface area contributed by atoms with E-state index >= 15 is 0 Å². The normalized spacial score (nSPS) is 15.5. The molecule has 0 amide bonds. The molecule has 0 unspecified atom stereocenters. The van der Waals surface area contributed by atoms with Crippen molar-refractivity contribution >= 4 is 17.4 Å². The number of hydrogen-bond acceptors (Lipinski definition) is 1. The van der Waals surface area contributed by atoms with Crippen molar-refractivity contribution in [3.8, 4) is 0 Å². The van der Waals surface area contributed by atoms with E-state index in [9.17, 15) is 0 Å². The first kappa shape index (κ1) is 6.17. The molecule has 1 heterocycles. The maximum absolute atomic E-state index is 2.33. The first-order chi connectivity index (χ1) is 4.86. The minimum atomic E-state index is 1.33. The fourth-order valence-corrected chi connectivity index (χ4v) is 1.84. The Kier molecular flexibility index (Phi) is 1.38. The van der Waals surface area contributed by atoms with E-state index < -0.39 is 0 Å². The smallest absolute Gasteiger partial charge is 0.0299 e. The van der Waals surface area contributed by atoms with Gasteiger partial charge in [0.25, 0.3) is 0 Å². The van der Waals surface area contributed by atoms with Gasteiger partial charge in [0.15, 0.2) is 0 Å². The summed E-state index contributed by atoms with van der Waals surface area (Å²) in [6, 6.07) is 2.18. The molecule has 10 heavy (non-hydrogen) atoms. The standard InChI is InChI=1S/C9H10S/c1-7-4-5-10-9(7)6-8-2-3-8/h4-6H,2-3H2,1H3. The molecule has 0 aliphatic heterocycles. The van der Waals surface area contributed by atoms with Crippen molar-refractivity contribution in [2.45, 2.75) is 19.8 Å². The van der Waals surface area contributed by atoms with Gasteiger partial charge in [0.05, 0.1) is 0 Å². The molecule has 1 aromatic rings. The van der Waals surface area contributed by atoms with Crippen molar-refractivity contribution in [1.29, 1.82) is 0 Å². The second kappa shape index (κ2) is 2.24. The molecule has 52 valence electrons. The van der Waals surface area contributed by atoms with Gasteiger partial charge in [0.2, 0.25) is 0 Å². The van der Waals surface area contributed by atoms with Gasteiger partial charge in [-0.05, 0) is 42.9 Å². The summed E-state index contributed by atoms with van der Waals surface area (Å²) >= 11 is 1.84. The minimum Gasteiger partial charge on any atom is -0.144 e. The van der Waals surface area contributed by atoms with Crippen molar-refractivity contribution in [3.05, 3.63) is 27.5 Å². The molecule has 0 spiro atoms. The van der Waals surface area contributed by atoms with Crippen LogP contribution in [0.2, 0.25) is 0 Å². The molecule has 1 heteroatoms. The SMILES string of the molecule is Cc1ccsc1C=C1CC1. The Labute approximate surface area is 65.2 Å². The van der Waals surface area contributed by atoms with E-state index in [0.29, 0.717) is 0 Å². The summed E-state index contributed by atoms with van der Waals surface area (Å²) in [5.74, 6) is 0. The summed E-state index contributed by atoms with van der Waals surface area (Å²) in [5.41, 5.74) is 3.04. The van der Waals surface area contributed by atoms with Gasteiger partial charge in [-0.1, -0.05) is 5.57 Å². The van der Waals surface area contributed by atoms with Crippen LogP contribution in [-0.4, -0.2) is 0 Å². The second-order valence-electron chi connectivity index (χ2n) is 2.77. The molecule has 0 radical (unpaired) electrons. The predicted octanol–water partition coefficient (Wildman–Crippen LogP) is 3.23. The van der Waals surface area contributed by atoms with E-state index in [1.54, 1.807) is 5.57 Å². The van der Waals surface area contributed by atoms with Crippen LogP contribution in [0.5, 0.6) is 0 Å². The van der Waals surface area contributed by atoms with Crippen molar-refractivity contribution < 1.29 is 0 Å². The molecule has 2 rings (SSSR count). The van der Waals surface area contributed by atoms with Crippen LogP contribution in [0.1, 0.15) is 23.3 Å². The molecule has 0 atom stereocenters. The van der Waals surface area contributed by atoms with Crippen molar-refractivity contribution in [3.63, 3.8) is 0 Å². The molecule has 1 aliphatic carbocycles. The fourth-order valence-electron chi connectivity index (χ4n) is 0.934. The van der Waals surface area contributed by atoms with Crippen LogP contribution in [0.3, 0.4) is 0 Å². The van der Waals surface area contributed by atoms with Crippen LogP contribution in [0.25, 0.3) is 6.08 Å². The third-order valence-corrected chi connectivity index (χ3v) is 2.74. The Balaban J connectivity index is 2.32. The lowest BCUT2D eigenvalue weighted by molar-refractivity contribution is 1.50. The van der Waals surface area contributed by atoms with Crippen molar-refractivity contribution in [1.82, 2.24) is 0 Å². The Morgan fingerprint density at radius 2 is 2.30 bits per heavy atom. The number of aryl methyl sites for hydroxylation is 1. The molecular formula is C9H10S. The third-order valence-electron chi connectivity index (χ3n) is 1.78. The van der Waals surface area contributed by atoms with E-state index in [2.05, 4.69) is 24.4 Å². The number of allylic oxidation sites excluding steroid dienone is 1. The average Bonchev–Trinajstić information content (AvgIpc) is 2.62. The van der Waals surface area contributed by atoms with Gasteiger partial charge in [-0.2, -0.15) is 0 Å². The lowest BCUT2D eigenvalue weighted by Crippen LogP contribution is -1.65. The Morgan fingerprint density at radius 3 is 2.80 bits per heavy atom. The Hall–Kier alpha value is -0.560. The zero-order valence-electron chi connectivity index (χ0n) is 6.05. The summed E-state index contributed by atoms with van der Waals surface area (Å²) < 4.78 is 0. The van der Waals surface area contributed by atoms with E-state index in [1.165, 1.54) is 23.3 Å². The summed E-state index contributed by atoms with van der Waals surface area (Å²) in [6.45, 7) is 2.17. The molecule has 1 aliphatic rings. The van der Waals surface area contributed by atoms with Crippen molar-refractivity contribution in [2.75, 3.05) is 0 Å². The highest BCUT2D eigenvalue weighted by Gasteiger charge is 2.11. The molecule has 1 aromatic heterocycles. The number of hydrogen-bond donors (Lipinski definition) is 0.